The lowest BCUT2D eigenvalue weighted by molar-refractivity contribution is 0.647. The van der Waals surface area contributed by atoms with Gasteiger partial charge in [0.25, 0.3) is 0 Å². The minimum absolute atomic E-state index is 0.318. The predicted octanol–water partition coefficient (Wildman–Crippen LogP) is 4.43. The molecule has 0 saturated carbocycles. The van der Waals surface area contributed by atoms with Crippen molar-refractivity contribution in [3.63, 3.8) is 0 Å². The average molecular weight is 320 g/mol. The van der Waals surface area contributed by atoms with Crippen molar-refractivity contribution in [1.29, 1.82) is 0 Å². The minimum Gasteiger partial charge on any atom is -0.368 e. The van der Waals surface area contributed by atoms with Gasteiger partial charge >= 0.3 is 0 Å². The van der Waals surface area contributed by atoms with E-state index in [9.17, 15) is 0 Å². The van der Waals surface area contributed by atoms with Gasteiger partial charge in [-0.3, -0.25) is 0 Å². The Bertz CT molecular complexity index is 838. The van der Waals surface area contributed by atoms with Crippen molar-refractivity contribution in [2.75, 3.05) is 5.73 Å². The van der Waals surface area contributed by atoms with Gasteiger partial charge in [-0.05, 0) is 36.5 Å². The van der Waals surface area contributed by atoms with Crippen molar-refractivity contribution in [3.8, 4) is 11.3 Å². The van der Waals surface area contributed by atoms with Crippen molar-refractivity contribution < 1.29 is 0 Å². The van der Waals surface area contributed by atoms with E-state index in [0.29, 0.717) is 11.9 Å². The molecule has 3 aromatic rings. The molecule has 4 heteroatoms. The first-order valence-corrected chi connectivity index (χ1v) is 8.59. The Labute approximate surface area is 143 Å². The molecule has 0 bridgehead atoms. The standard InChI is InChI=1S/C20H24N4/c1-4-5-17-19-18(24-20(21)23-17)11-10-16(22-19)15-8-6-14(7-9-15)12-13(2)3/h6-11,13H,4-5,12H2,1-3H3,(H2,21,23,24). The topological polar surface area (TPSA) is 64.7 Å². The highest BCUT2D eigenvalue weighted by Crippen LogP contribution is 2.23. The zero-order chi connectivity index (χ0) is 17.1. The number of nitrogens with two attached hydrogens (primary N) is 1. The van der Waals surface area contributed by atoms with E-state index in [1.165, 1.54) is 5.56 Å². The van der Waals surface area contributed by atoms with Crippen LogP contribution in [0.3, 0.4) is 0 Å². The van der Waals surface area contributed by atoms with Crippen molar-refractivity contribution >= 4 is 17.0 Å². The smallest absolute Gasteiger partial charge is 0.220 e. The second-order valence-electron chi connectivity index (χ2n) is 6.64. The summed E-state index contributed by atoms with van der Waals surface area (Å²) in [6.07, 6.45) is 2.95. The van der Waals surface area contributed by atoms with Crippen LogP contribution in [0.4, 0.5) is 5.95 Å². The number of aromatic nitrogens is 3. The van der Waals surface area contributed by atoms with Crippen molar-refractivity contribution in [2.24, 2.45) is 5.92 Å². The lowest BCUT2D eigenvalue weighted by Crippen LogP contribution is -2.02. The summed E-state index contributed by atoms with van der Waals surface area (Å²) in [6.45, 7) is 6.60. The third-order valence-corrected chi connectivity index (χ3v) is 4.01. The number of fused-ring (bicyclic) bond motifs is 1. The molecule has 0 amide bonds. The number of pyridine rings is 1. The summed E-state index contributed by atoms with van der Waals surface area (Å²) < 4.78 is 0. The highest BCUT2D eigenvalue weighted by molar-refractivity contribution is 5.80. The first kappa shape index (κ1) is 16.4. The lowest BCUT2D eigenvalue weighted by Gasteiger charge is -2.09. The van der Waals surface area contributed by atoms with E-state index in [1.807, 2.05) is 12.1 Å². The molecular weight excluding hydrogens is 296 g/mol. The van der Waals surface area contributed by atoms with E-state index in [1.54, 1.807) is 0 Å². The summed E-state index contributed by atoms with van der Waals surface area (Å²) in [5.74, 6) is 0.979. The Morgan fingerprint density at radius 3 is 2.38 bits per heavy atom. The third-order valence-electron chi connectivity index (χ3n) is 4.01. The number of nitrogen functional groups attached to an aromatic ring is 1. The zero-order valence-corrected chi connectivity index (χ0v) is 14.6. The van der Waals surface area contributed by atoms with Gasteiger partial charge in [-0.1, -0.05) is 51.5 Å². The number of anilines is 1. The van der Waals surface area contributed by atoms with Gasteiger partial charge in [0.1, 0.15) is 5.52 Å². The van der Waals surface area contributed by atoms with Gasteiger partial charge < -0.3 is 5.73 Å². The van der Waals surface area contributed by atoms with E-state index in [0.717, 1.165) is 47.2 Å². The molecule has 0 aliphatic carbocycles. The van der Waals surface area contributed by atoms with Crippen LogP contribution in [-0.2, 0) is 12.8 Å². The van der Waals surface area contributed by atoms with E-state index in [-0.39, 0.29) is 0 Å². The summed E-state index contributed by atoms with van der Waals surface area (Å²) in [7, 11) is 0. The van der Waals surface area contributed by atoms with Crippen molar-refractivity contribution in [3.05, 3.63) is 47.7 Å². The molecule has 0 atom stereocenters. The number of benzene rings is 1. The van der Waals surface area contributed by atoms with Crippen LogP contribution < -0.4 is 5.73 Å². The number of aryl methyl sites for hydroxylation is 1. The summed E-state index contributed by atoms with van der Waals surface area (Å²) in [4.78, 5) is 13.5. The number of hydrogen-bond donors (Lipinski definition) is 1. The molecular formula is C20H24N4. The second-order valence-corrected chi connectivity index (χ2v) is 6.64. The molecule has 2 N–H and O–H groups in total. The van der Waals surface area contributed by atoms with Crippen molar-refractivity contribution in [1.82, 2.24) is 15.0 Å². The highest BCUT2D eigenvalue weighted by Gasteiger charge is 2.09. The molecule has 0 aliphatic heterocycles. The van der Waals surface area contributed by atoms with Gasteiger partial charge in [0, 0.05) is 5.56 Å². The van der Waals surface area contributed by atoms with Gasteiger partial charge in [0.2, 0.25) is 5.95 Å². The molecule has 0 fully saturated rings. The van der Waals surface area contributed by atoms with Crippen molar-refractivity contribution in [2.45, 2.75) is 40.0 Å². The lowest BCUT2D eigenvalue weighted by atomic mass is 10.0. The summed E-state index contributed by atoms with van der Waals surface area (Å²) in [5, 5.41) is 0. The number of rotatable bonds is 5. The maximum Gasteiger partial charge on any atom is 0.220 e. The fourth-order valence-corrected chi connectivity index (χ4v) is 2.95. The maximum absolute atomic E-state index is 5.81. The molecule has 2 aromatic heterocycles. The molecule has 0 unspecified atom stereocenters. The van der Waals surface area contributed by atoms with Crippen LogP contribution in [0.5, 0.6) is 0 Å². The Morgan fingerprint density at radius 1 is 0.958 bits per heavy atom. The number of hydrogen-bond acceptors (Lipinski definition) is 4. The van der Waals surface area contributed by atoms with E-state index in [2.05, 4.69) is 55.0 Å². The van der Waals surface area contributed by atoms with Gasteiger partial charge in [0.15, 0.2) is 0 Å². The molecule has 124 valence electrons. The van der Waals surface area contributed by atoms with Gasteiger partial charge in [0.05, 0.1) is 16.9 Å². The molecule has 24 heavy (non-hydrogen) atoms. The van der Waals surface area contributed by atoms with Gasteiger partial charge in [-0.15, -0.1) is 0 Å². The predicted molar refractivity (Wildman–Crippen MR) is 99.7 cm³/mol. The SMILES string of the molecule is CCCc1nc(N)nc2ccc(-c3ccc(CC(C)C)cc3)nc12. The quantitative estimate of drug-likeness (QED) is 0.755. The van der Waals surface area contributed by atoms with Crippen LogP contribution in [0.25, 0.3) is 22.3 Å². The second kappa shape index (κ2) is 6.95. The Balaban J connectivity index is 2.00. The molecule has 0 spiro atoms. The molecule has 0 aliphatic rings. The molecule has 1 aromatic carbocycles. The largest absolute Gasteiger partial charge is 0.368 e. The van der Waals surface area contributed by atoms with E-state index >= 15 is 0 Å². The molecule has 2 heterocycles. The zero-order valence-electron chi connectivity index (χ0n) is 14.6. The van der Waals surface area contributed by atoms with Crippen LogP contribution >= 0.6 is 0 Å². The van der Waals surface area contributed by atoms with Crippen LogP contribution in [0.15, 0.2) is 36.4 Å². The first-order valence-electron chi connectivity index (χ1n) is 8.59. The first-order chi connectivity index (χ1) is 11.6. The highest BCUT2D eigenvalue weighted by atomic mass is 15.0. The van der Waals surface area contributed by atoms with Crippen LogP contribution in [0, 0.1) is 5.92 Å². The monoisotopic (exact) mass is 320 g/mol. The van der Waals surface area contributed by atoms with E-state index in [4.69, 9.17) is 10.7 Å². The van der Waals surface area contributed by atoms with E-state index < -0.39 is 0 Å². The van der Waals surface area contributed by atoms with Crippen LogP contribution in [-0.4, -0.2) is 15.0 Å². The third kappa shape index (κ3) is 3.53. The number of nitrogens with zero attached hydrogens (tertiary/aromatic N) is 3. The molecule has 3 rings (SSSR count). The summed E-state index contributed by atoms with van der Waals surface area (Å²) in [6, 6.07) is 12.6. The molecule has 0 saturated heterocycles. The summed E-state index contributed by atoms with van der Waals surface area (Å²) in [5.41, 5.74) is 11.8. The fraction of sp³-hybridized carbons (Fsp3) is 0.350. The average Bonchev–Trinajstić information content (AvgIpc) is 2.55. The Kier molecular flexibility index (Phi) is 4.74. The van der Waals surface area contributed by atoms with Gasteiger partial charge in [-0.25, -0.2) is 15.0 Å². The Hall–Kier alpha value is -2.49. The Morgan fingerprint density at radius 2 is 1.71 bits per heavy atom. The maximum atomic E-state index is 5.81. The normalized spacial score (nSPS) is 11.3. The molecule has 4 nitrogen and oxygen atoms in total. The molecule has 0 radical (unpaired) electrons. The van der Waals surface area contributed by atoms with Crippen LogP contribution in [0.2, 0.25) is 0 Å². The van der Waals surface area contributed by atoms with Crippen LogP contribution in [0.1, 0.15) is 38.4 Å². The minimum atomic E-state index is 0.318. The fourth-order valence-electron chi connectivity index (χ4n) is 2.95. The summed E-state index contributed by atoms with van der Waals surface area (Å²) >= 11 is 0. The van der Waals surface area contributed by atoms with Gasteiger partial charge in [-0.2, -0.15) is 0 Å².